The second kappa shape index (κ2) is 3.12. The number of hydrogen-bond acceptors (Lipinski definition) is 2. The summed E-state index contributed by atoms with van der Waals surface area (Å²) in [5, 5.41) is 10.3. The number of carbonyl (C=O) groups excluding carboxylic acids is 1. The smallest absolute Gasteiger partial charge is 0.259 e. The summed E-state index contributed by atoms with van der Waals surface area (Å²) in [6.07, 6.45) is 0. The molecule has 0 radical (unpaired) electrons. The fourth-order valence-corrected chi connectivity index (χ4v) is 2.08. The molecule has 1 heterocycles. The van der Waals surface area contributed by atoms with Gasteiger partial charge in [0.2, 0.25) is 0 Å². The molecule has 2 N–H and O–H groups in total. The van der Waals surface area contributed by atoms with Crippen molar-refractivity contribution in [1.29, 1.82) is 5.41 Å². The molecular formula is C8H3Cl3N2O. The highest BCUT2D eigenvalue weighted by Gasteiger charge is 2.30. The Morgan fingerprint density at radius 1 is 1.14 bits per heavy atom. The maximum Gasteiger partial charge on any atom is 0.259 e. The molecule has 1 aromatic carbocycles. The Balaban J connectivity index is 2.86. The number of benzene rings is 1. The third kappa shape index (κ3) is 1.21. The average molecular weight is 249 g/mol. The van der Waals surface area contributed by atoms with Crippen LogP contribution < -0.4 is 5.32 Å². The molecule has 0 fully saturated rings. The van der Waals surface area contributed by atoms with Gasteiger partial charge in [-0.3, -0.25) is 10.2 Å². The van der Waals surface area contributed by atoms with E-state index in [1.807, 2.05) is 0 Å². The number of amides is 1. The molecule has 0 saturated heterocycles. The van der Waals surface area contributed by atoms with Crippen molar-refractivity contribution in [3.05, 3.63) is 32.3 Å². The van der Waals surface area contributed by atoms with Crippen LogP contribution in [0.4, 0.5) is 0 Å². The number of halogens is 3. The Kier molecular flexibility index (Phi) is 2.18. The third-order valence-electron chi connectivity index (χ3n) is 1.89. The molecule has 0 atom stereocenters. The van der Waals surface area contributed by atoms with Crippen molar-refractivity contribution < 1.29 is 4.79 Å². The van der Waals surface area contributed by atoms with E-state index in [4.69, 9.17) is 40.2 Å². The summed E-state index contributed by atoms with van der Waals surface area (Å²) >= 11 is 17.4. The number of carbonyl (C=O) groups is 1. The first kappa shape index (κ1) is 9.77. The van der Waals surface area contributed by atoms with Gasteiger partial charge in [-0.1, -0.05) is 34.8 Å². The summed E-state index contributed by atoms with van der Waals surface area (Å²) < 4.78 is 0. The highest BCUT2D eigenvalue weighted by molar-refractivity contribution is 6.48. The van der Waals surface area contributed by atoms with Crippen molar-refractivity contribution in [3.63, 3.8) is 0 Å². The standard InChI is InChI=1S/C8H3Cl3N2O/c9-2-1-3(10)6(11)5-4(2)7(12)13-8(5)14/h1H,(H2,12,13,14). The largest absolute Gasteiger partial charge is 0.306 e. The van der Waals surface area contributed by atoms with Crippen molar-refractivity contribution in [1.82, 2.24) is 5.32 Å². The van der Waals surface area contributed by atoms with Gasteiger partial charge in [0.15, 0.2) is 0 Å². The first-order valence-electron chi connectivity index (χ1n) is 3.60. The SMILES string of the molecule is N=C1NC(=O)c2c(Cl)c(Cl)cc(Cl)c21. The summed E-state index contributed by atoms with van der Waals surface area (Å²) in [4.78, 5) is 11.3. The molecular weight excluding hydrogens is 246 g/mol. The average Bonchev–Trinajstić information content (AvgIpc) is 2.38. The zero-order chi connectivity index (χ0) is 10.5. The highest BCUT2D eigenvalue weighted by atomic mass is 35.5. The maximum atomic E-state index is 11.3. The number of amidine groups is 1. The van der Waals surface area contributed by atoms with Gasteiger partial charge in [0.1, 0.15) is 5.84 Å². The monoisotopic (exact) mass is 248 g/mol. The molecule has 1 aliphatic heterocycles. The molecule has 0 bridgehead atoms. The van der Waals surface area contributed by atoms with Crippen LogP contribution in [0.5, 0.6) is 0 Å². The second-order valence-corrected chi connectivity index (χ2v) is 3.93. The molecule has 0 unspecified atom stereocenters. The van der Waals surface area contributed by atoms with E-state index < -0.39 is 5.91 Å². The minimum Gasteiger partial charge on any atom is -0.306 e. The first-order valence-corrected chi connectivity index (χ1v) is 4.73. The van der Waals surface area contributed by atoms with Gasteiger partial charge in [-0.05, 0) is 6.07 Å². The molecule has 6 heteroatoms. The van der Waals surface area contributed by atoms with E-state index in [1.54, 1.807) is 0 Å². The zero-order valence-electron chi connectivity index (χ0n) is 6.62. The summed E-state index contributed by atoms with van der Waals surface area (Å²) in [6.45, 7) is 0. The molecule has 1 aromatic rings. The Morgan fingerprint density at radius 3 is 2.43 bits per heavy atom. The Labute approximate surface area is 94.5 Å². The van der Waals surface area contributed by atoms with E-state index in [0.717, 1.165) is 0 Å². The Bertz CT molecular complexity index is 470. The van der Waals surface area contributed by atoms with E-state index >= 15 is 0 Å². The minimum atomic E-state index is -0.445. The molecule has 1 aliphatic rings. The maximum absolute atomic E-state index is 11.3. The van der Waals surface area contributed by atoms with E-state index in [2.05, 4.69) is 5.32 Å². The van der Waals surface area contributed by atoms with Crippen LogP contribution in [0.15, 0.2) is 6.07 Å². The molecule has 72 valence electrons. The number of fused-ring (bicyclic) bond motifs is 1. The fraction of sp³-hybridized carbons (Fsp3) is 0. The summed E-state index contributed by atoms with van der Waals surface area (Å²) in [7, 11) is 0. The highest BCUT2D eigenvalue weighted by Crippen LogP contribution is 2.35. The van der Waals surface area contributed by atoms with Gasteiger partial charge in [0, 0.05) is 5.56 Å². The summed E-state index contributed by atoms with van der Waals surface area (Å²) in [5.41, 5.74) is 0.486. The van der Waals surface area contributed by atoms with Crippen LogP contribution in [0.1, 0.15) is 15.9 Å². The zero-order valence-corrected chi connectivity index (χ0v) is 8.89. The van der Waals surface area contributed by atoms with Crippen molar-refractivity contribution in [3.8, 4) is 0 Å². The summed E-state index contributed by atoms with van der Waals surface area (Å²) in [6, 6.07) is 1.42. The lowest BCUT2D eigenvalue weighted by Gasteiger charge is -2.03. The molecule has 0 spiro atoms. The fourth-order valence-electron chi connectivity index (χ4n) is 1.29. The predicted octanol–water partition coefficient (Wildman–Crippen LogP) is 2.72. The molecule has 1 amide bonds. The van der Waals surface area contributed by atoms with Gasteiger partial charge in [-0.25, -0.2) is 0 Å². The van der Waals surface area contributed by atoms with E-state index in [1.165, 1.54) is 6.07 Å². The van der Waals surface area contributed by atoms with E-state index in [0.29, 0.717) is 5.56 Å². The van der Waals surface area contributed by atoms with Gasteiger partial charge in [0.05, 0.1) is 20.6 Å². The van der Waals surface area contributed by atoms with Crippen molar-refractivity contribution in [2.24, 2.45) is 0 Å². The minimum absolute atomic E-state index is 0.0476. The Hall–Kier alpha value is -0.770. The number of hydrogen-bond donors (Lipinski definition) is 2. The first-order chi connectivity index (χ1) is 6.52. The van der Waals surface area contributed by atoms with Gasteiger partial charge in [-0.2, -0.15) is 0 Å². The van der Waals surface area contributed by atoms with Crippen LogP contribution in [-0.2, 0) is 0 Å². The lowest BCUT2D eigenvalue weighted by Crippen LogP contribution is -2.20. The topological polar surface area (TPSA) is 53.0 Å². The van der Waals surface area contributed by atoms with Crippen molar-refractivity contribution in [2.75, 3.05) is 0 Å². The van der Waals surface area contributed by atoms with Crippen molar-refractivity contribution in [2.45, 2.75) is 0 Å². The van der Waals surface area contributed by atoms with Crippen LogP contribution in [0.25, 0.3) is 0 Å². The molecule has 2 rings (SSSR count). The van der Waals surface area contributed by atoms with E-state index in [-0.39, 0.29) is 26.5 Å². The van der Waals surface area contributed by atoms with Gasteiger partial charge in [-0.15, -0.1) is 0 Å². The third-order valence-corrected chi connectivity index (χ3v) is 2.97. The normalized spacial score (nSPS) is 14.2. The van der Waals surface area contributed by atoms with Crippen LogP contribution in [0, 0.1) is 5.41 Å². The Morgan fingerprint density at radius 2 is 1.79 bits per heavy atom. The van der Waals surface area contributed by atoms with E-state index in [9.17, 15) is 4.79 Å². The predicted molar refractivity (Wildman–Crippen MR) is 55.8 cm³/mol. The quantitative estimate of drug-likeness (QED) is 0.683. The van der Waals surface area contributed by atoms with Crippen LogP contribution in [0.3, 0.4) is 0 Å². The molecule has 0 aromatic heterocycles. The lowest BCUT2D eigenvalue weighted by atomic mass is 10.1. The van der Waals surface area contributed by atoms with Gasteiger partial charge in [0.25, 0.3) is 5.91 Å². The lowest BCUT2D eigenvalue weighted by molar-refractivity contribution is 0.0983. The molecule has 0 saturated carbocycles. The number of nitrogens with one attached hydrogen (secondary N) is 2. The molecule has 3 nitrogen and oxygen atoms in total. The van der Waals surface area contributed by atoms with Crippen LogP contribution >= 0.6 is 34.8 Å². The molecule has 14 heavy (non-hydrogen) atoms. The molecule has 0 aliphatic carbocycles. The second-order valence-electron chi connectivity index (χ2n) is 2.73. The van der Waals surface area contributed by atoms with Gasteiger partial charge >= 0.3 is 0 Å². The van der Waals surface area contributed by atoms with Crippen molar-refractivity contribution >= 4 is 46.5 Å². The van der Waals surface area contributed by atoms with Gasteiger partial charge < -0.3 is 5.32 Å². The summed E-state index contributed by atoms with van der Waals surface area (Å²) in [5.74, 6) is -0.493. The van der Waals surface area contributed by atoms with Crippen LogP contribution in [-0.4, -0.2) is 11.7 Å². The number of rotatable bonds is 0. The van der Waals surface area contributed by atoms with Crippen LogP contribution in [0.2, 0.25) is 15.1 Å².